The maximum atomic E-state index is 12.2. The molecule has 1 amide bonds. The van der Waals surface area contributed by atoms with Crippen LogP contribution in [0.2, 0.25) is 5.02 Å². The molecule has 3 nitrogen and oxygen atoms in total. The lowest BCUT2D eigenvalue weighted by Crippen LogP contribution is -2.25. The van der Waals surface area contributed by atoms with Gasteiger partial charge in [-0.3, -0.25) is 4.79 Å². The van der Waals surface area contributed by atoms with Crippen molar-refractivity contribution >= 4 is 28.8 Å². The highest BCUT2D eigenvalue weighted by molar-refractivity contribution is 7.13. The highest BCUT2D eigenvalue weighted by atomic mass is 35.5. The minimum Gasteiger partial charge on any atom is -0.351 e. The second-order valence-electron chi connectivity index (χ2n) is 5.37. The number of aryl methyl sites for hydroxylation is 1. The number of carbonyl (C=O) groups is 1. The first-order chi connectivity index (χ1) is 10.1. The molecule has 0 atom stereocenters. The number of halogens is 1. The van der Waals surface area contributed by atoms with Crippen LogP contribution in [0, 0.1) is 6.92 Å². The molecule has 1 aliphatic rings. The first-order valence-corrected chi connectivity index (χ1v) is 8.33. The monoisotopic (exact) mass is 320 g/mol. The number of rotatable bonds is 5. The van der Waals surface area contributed by atoms with Gasteiger partial charge < -0.3 is 5.32 Å². The molecular weight excluding hydrogens is 304 g/mol. The number of hydrogen-bond acceptors (Lipinski definition) is 3. The molecule has 0 bridgehead atoms. The number of aromatic nitrogens is 1. The molecule has 1 saturated carbocycles. The molecule has 5 heteroatoms. The molecule has 1 N–H and O–H groups in total. The molecule has 1 aromatic heterocycles. The van der Waals surface area contributed by atoms with E-state index >= 15 is 0 Å². The van der Waals surface area contributed by atoms with E-state index in [2.05, 4.69) is 10.3 Å². The maximum Gasteiger partial charge on any atom is 0.263 e. The van der Waals surface area contributed by atoms with Crippen molar-refractivity contribution in [3.63, 3.8) is 0 Å². The molecule has 21 heavy (non-hydrogen) atoms. The Morgan fingerprint density at radius 1 is 1.38 bits per heavy atom. The van der Waals surface area contributed by atoms with E-state index in [0.29, 0.717) is 12.5 Å². The fraction of sp³-hybridized carbons (Fsp3) is 0.375. The first-order valence-electron chi connectivity index (χ1n) is 7.13. The van der Waals surface area contributed by atoms with Crippen molar-refractivity contribution in [1.29, 1.82) is 0 Å². The molecule has 1 fully saturated rings. The lowest BCUT2D eigenvalue weighted by Gasteiger charge is -2.04. The topological polar surface area (TPSA) is 42.0 Å². The zero-order chi connectivity index (χ0) is 14.8. The van der Waals surface area contributed by atoms with Gasteiger partial charge in [-0.2, -0.15) is 0 Å². The van der Waals surface area contributed by atoms with Crippen LogP contribution in [0.5, 0.6) is 0 Å². The predicted octanol–water partition coefficient (Wildman–Crippen LogP) is 3.95. The Morgan fingerprint density at radius 2 is 2.10 bits per heavy atom. The molecule has 1 aliphatic carbocycles. The number of amides is 1. The lowest BCUT2D eigenvalue weighted by molar-refractivity contribution is 0.0957. The van der Waals surface area contributed by atoms with E-state index in [4.69, 9.17) is 11.6 Å². The Labute approximate surface area is 133 Å². The summed E-state index contributed by atoms with van der Waals surface area (Å²) in [5.74, 6) is 0.593. The van der Waals surface area contributed by atoms with Gasteiger partial charge in [-0.25, -0.2) is 4.98 Å². The van der Waals surface area contributed by atoms with Gasteiger partial charge in [0.1, 0.15) is 4.88 Å². The van der Waals surface area contributed by atoms with E-state index in [9.17, 15) is 4.79 Å². The molecule has 0 unspecified atom stereocenters. The third-order valence-corrected chi connectivity index (χ3v) is 5.13. The molecule has 0 radical (unpaired) electrons. The normalized spacial score (nSPS) is 14.2. The average Bonchev–Trinajstić information content (AvgIpc) is 3.24. The predicted molar refractivity (Wildman–Crippen MR) is 86.3 cm³/mol. The molecule has 3 rings (SSSR count). The van der Waals surface area contributed by atoms with Gasteiger partial charge in [0.05, 0.1) is 10.7 Å². The first kappa shape index (κ1) is 14.5. The summed E-state index contributed by atoms with van der Waals surface area (Å²) in [7, 11) is 0. The molecule has 1 heterocycles. The fourth-order valence-corrected chi connectivity index (χ4v) is 3.46. The molecular formula is C16H17ClN2OS. The number of thiazole rings is 1. The van der Waals surface area contributed by atoms with Crippen LogP contribution in [0.1, 0.15) is 44.7 Å². The summed E-state index contributed by atoms with van der Waals surface area (Å²) in [6.45, 7) is 2.53. The summed E-state index contributed by atoms with van der Waals surface area (Å²) >= 11 is 7.40. The van der Waals surface area contributed by atoms with Crippen LogP contribution in [-0.2, 0) is 6.42 Å². The molecule has 0 aliphatic heterocycles. The van der Waals surface area contributed by atoms with Crippen molar-refractivity contribution in [3.05, 3.63) is 50.4 Å². The van der Waals surface area contributed by atoms with E-state index in [-0.39, 0.29) is 5.91 Å². The second kappa shape index (κ2) is 6.16. The van der Waals surface area contributed by atoms with Crippen LogP contribution in [-0.4, -0.2) is 17.4 Å². The van der Waals surface area contributed by atoms with Gasteiger partial charge in [0, 0.05) is 17.5 Å². The number of benzene rings is 1. The second-order valence-corrected chi connectivity index (χ2v) is 6.84. The summed E-state index contributed by atoms with van der Waals surface area (Å²) < 4.78 is 0. The van der Waals surface area contributed by atoms with Crippen LogP contribution in [0.25, 0.3) is 0 Å². The van der Waals surface area contributed by atoms with Crippen molar-refractivity contribution in [2.75, 3.05) is 6.54 Å². The third kappa shape index (κ3) is 3.63. The third-order valence-electron chi connectivity index (χ3n) is 3.56. The van der Waals surface area contributed by atoms with Gasteiger partial charge in [-0.15, -0.1) is 11.3 Å². The number of hydrogen-bond donors (Lipinski definition) is 1. The van der Waals surface area contributed by atoms with Crippen molar-refractivity contribution in [1.82, 2.24) is 10.3 Å². The van der Waals surface area contributed by atoms with Gasteiger partial charge in [0.2, 0.25) is 0 Å². The van der Waals surface area contributed by atoms with Gasteiger partial charge in [-0.1, -0.05) is 23.7 Å². The molecule has 0 spiro atoms. The van der Waals surface area contributed by atoms with E-state index in [1.165, 1.54) is 18.4 Å². The Kier molecular flexibility index (Phi) is 4.27. The van der Waals surface area contributed by atoms with Crippen LogP contribution in [0.15, 0.2) is 24.3 Å². The van der Waals surface area contributed by atoms with E-state index in [0.717, 1.165) is 27.0 Å². The summed E-state index contributed by atoms with van der Waals surface area (Å²) in [5.41, 5.74) is 2.02. The standard InChI is InChI=1S/C16H17ClN2OS/c1-10-14(21-16(19-10)12-4-5-12)15(20)18-9-8-11-2-6-13(17)7-3-11/h2-3,6-7,12H,4-5,8-9H2,1H3,(H,18,20). The largest absolute Gasteiger partial charge is 0.351 e. The van der Waals surface area contributed by atoms with Crippen LogP contribution >= 0.6 is 22.9 Å². The minimum atomic E-state index is -0.00846. The van der Waals surface area contributed by atoms with Crippen molar-refractivity contribution < 1.29 is 4.79 Å². The highest BCUT2D eigenvalue weighted by Crippen LogP contribution is 2.42. The van der Waals surface area contributed by atoms with Crippen molar-refractivity contribution in [2.45, 2.75) is 32.1 Å². The van der Waals surface area contributed by atoms with Crippen LogP contribution < -0.4 is 5.32 Å². The Hall–Kier alpha value is -1.39. The van der Waals surface area contributed by atoms with Gasteiger partial charge in [-0.05, 0) is 43.9 Å². The molecule has 110 valence electrons. The summed E-state index contributed by atoms with van der Waals surface area (Å²) in [6.07, 6.45) is 3.23. The zero-order valence-electron chi connectivity index (χ0n) is 11.9. The molecule has 2 aromatic rings. The van der Waals surface area contributed by atoms with Crippen LogP contribution in [0.3, 0.4) is 0 Å². The van der Waals surface area contributed by atoms with E-state index < -0.39 is 0 Å². The summed E-state index contributed by atoms with van der Waals surface area (Å²) in [6, 6.07) is 7.71. The fourth-order valence-electron chi connectivity index (χ4n) is 2.18. The number of nitrogens with one attached hydrogen (secondary N) is 1. The van der Waals surface area contributed by atoms with Gasteiger partial charge in [0.25, 0.3) is 5.91 Å². The smallest absolute Gasteiger partial charge is 0.263 e. The summed E-state index contributed by atoms with van der Waals surface area (Å²) in [4.78, 5) is 17.5. The maximum absolute atomic E-state index is 12.2. The lowest BCUT2D eigenvalue weighted by atomic mass is 10.1. The SMILES string of the molecule is Cc1nc(C2CC2)sc1C(=O)NCCc1ccc(Cl)cc1. The highest BCUT2D eigenvalue weighted by Gasteiger charge is 2.28. The summed E-state index contributed by atoms with van der Waals surface area (Å²) in [5, 5.41) is 4.83. The Morgan fingerprint density at radius 3 is 2.76 bits per heavy atom. The van der Waals surface area contributed by atoms with Crippen LogP contribution in [0.4, 0.5) is 0 Å². The van der Waals surface area contributed by atoms with Crippen molar-refractivity contribution in [3.8, 4) is 0 Å². The Balaban J connectivity index is 1.55. The molecule has 0 saturated heterocycles. The van der Waals surface area contributed by atoms with E-state index in [1.54, 1.807) is 11.3 Å². The van der Waals surface area contributed by atoms with Crippen molar-refractivity contribution in [2.24, 2.45) is 0 Å². The zero-order valence-corrected chi connectivity index (χ0v) is 13.4. The minimum absolute atomic E-state index is 0.00846. The Bertz CT molecular complexity index is 647. The van der Waals surface area contributed by atoms with E-state index in [1.807, 2.05) is 31.2 Å². The average molecular weight is 321 g/mol. The number of carbonyl (C=O) groups excluding carboxylic acids is 1. The van der Waals surface area contributed by atoms with Gasteiger partial charge >= 0.3 is 0 Å². The quantitative estimate of drug-likeness (QED) is 0.906. The van der Waals surface area contributed by atoms with Gasteiger partial charge in [0.15, 0.2) is 0 Å². The molecule has 1 aromatic carbocycles. The number of nitrogens with zero attached hydrogens (tertiary/aromatic N) is 1.